The zero-order chi connectivity index (χ0) is 11.1. The predicted molar refractivity (Wildman–Crippen MR) is 72.1 cm³/mol. The van der Waals surface area contributed by atoms with Gasteiger partial charge in [0.15, 0.2) is 0 Å². The lowest BCUT2D eigenvalue weighted by Crippen LogP contribution is -1.85. The largest absolute Gasteiger partial charge is 0.250 e. The maximum absolute atomic E-state index is 4.28. The number of hydrogen-bond donors (Lipinski definition) is 0. The highest BCUT2D eigenvalue weighted by Crippen LogP contribution is 2.21. The SMILES string of the molecule is c1ccc(SCCSc2ccccn2)cc1. The average molecular weight is 247 g/mol. The number of pyridine rings is 1. The molecule has 0 spiro atoms. The summed E-state index contributed by atoms with van der Waals surface area (Å²) in [6, 6.07) is 16.5. The van der Waals surface area contributed by atoms with Gasteiger partial charge in [0.05, 0.1) is 5.03 Å². The van der Waals surface area contributed by atoms with E-state index in [1.165, 1.54) is 4.90 Å². The van der Waals surface area contributed by atoms with Crippen molar-refractivity contribution in [2.24, 2.45) is 0 Å². The Bertz CT molecular complexity index is 361. The van der Waals surface area contributed by atoms with Crippen LogP contribution in [-0.2, 0) is 0 Å². The van der Waals surface area contributed by atoms with Gasteiger partial charge in [-0.3, -0.25) is 0 Å². The fraction of sp³-hybridized carbons (Fsp3) is 0.154. The van der Waals surface area contributed by atoms with E-state index in [0.717, 1.165) is 16.5 Å². The van der Waals surface area contributed by atoms with Crippen molar-refractivity contribution in [2.45, 2.75) is 9.92 Å². The van der Waals surface area contributed by atoms with E-state index in [9.17, 15) is 0 Å². The number of aromatic nitrogens is 1. The Morgan fingerprint density at radius 2 is 1.56 bits per heavy atom. The quantitative estimate of drug-likeness (QED) is 0.586. The van der Waals surface area contributed by atoms with Gasteiger partial charge >= 0.3 is 0 Å². The number of hydrogen-bond acceptors (Lipinski definition) is 3. The standard InChI is InChI=1S/C13H13NS2/c1-2-6-12(7-3-1)15-10-11-16-13-8-4-5-9-14-13/h1-9H,10-11H2. The van der Waals surface area contributed by atoms with Gasteiger partial charge in [-0.2, -0.15) is 0 Å². The number of rotatable bonds is 5. The molecule has 1 heterocycles. The van der Waals surface area contributed by atoms with Crippen LogP contribution in [0, 0.1) is 0 Å². The highest BCUT2D eigenvalue weighted by Gasteiger charge is 1.95. The molecule has 82 valence electrons. The van der Waals surface area contributed by atoms with Crippen LogP contribution < -0.4 is 0 Å². The Morgan fingerprint density at radius 1 is 0.812 bits per heavy atom. The van der Waals surface area contributed by atoms with Gasteiger partial charge in [0, 0.05) is 22.6 Å². The van der Waals surface area contributed by atoms with Crippen molar-refractivity contribution in [3.05, 3.63) is 54.7 Å². The van der Waals surface area contributed by atoms with E-state index in [-0.39, 0.29) is 0 Å². The number of benzene rings is 1. The second-order valence-corrected chi connectivity index (χ2v) is 5.46. The van der Waals surface area contributed by atoms with Gasteiger partial charge in [0.1, 0.15) is 0 Å². The molecule has 1 aromatic heterocycles. The van der Waals surface area contributed by atoms with E-state index in [0.29, 0.717) is 0 Å². The summed E-state index contributed by atoms with van der Waals surface area (Å²) >= 11 is 3.70. The summed E-state index contributed by atoms with van der Waals surface area (Å²) < 4.78 is 0. The van der Waals surface area contributed by atoms with Crippen LogP contribution in [-0.4, -0.2) is 16.5 Å². The van der Waals surface area contributed by atoms with Crippen LogP contribution in [0.2, 0.25) is 0 Å². The molecular weight excluding hydrogens is 234 g/mol. The van der Waals surface area contributed by atoms with E-state index in [4.69, 9.17) is 0 Å². The van der Waals surface area contributed by atoms with E-state index in [1.807, 2.05) is 47.9 Å². The van der Waals surface area contributed by atoms with Crippen molar-refractivity contribution >= 4 is 23.5 Å². The Morgan fingerprint density at radius 3 is 2.31 bits per heavy atom. The molecular formula is C13H13NS2. The summed E-state index contributed by atoms with van der Waals surface area (Å²) in [4.78, 5) is 5.61. The van der Waals surface area contributed by atoms with Crippen LogP contribution in [0.25, 0.3) is 0 Å². The Kier molecular flexibility index (Phi) is 4.77. The minimum Gasteiger partial charge on any atom is -0.250 e. The van der Waals surface area contributed by atoms with Gasteiger partial charge in [0.2, 0.25) is 0 Å². The predicted octanol–water partition coefficient (Wildman–Crippen LogP) is 3.97. The fourth-order valence-electron chi connectivity index (χ4n) is 1.25. The molecule has 0 aliphatic carbocycles. The topological polar surface area (TPSA) is 12.9 Å². The maximum atomic E-state index is 4.28. The van der Waals surface area contributed by atoms with Gasteiger partial charge < -0.3 is 0 Å². The van der Waals surface area contributed by atoms with Crippen LogP contribution in [0.4, 0.5) is 0 Å². The Balaban J connectivity index is 1.70. The molecule has 0 amide bonds. The lowest BCUT2D eigenvalue weighted by Gasteiger charge is -2.01. The van der Waals surface area contributed by atoms with Gasteiger partial charge in [0.25, 0.3) is 0 Å². The van der Waals surface area contributed by atoms with Crippen LogP contribution >= 0.6 is 23.5 Å². The molecule has 1 aromatic carbocycles. The van der Waals surface area contributed by atoms with Gasteiger partial charge in [-0.1, -0.05) is 24.3 Å². The van der Waals surface area contributed by atoms with Gasteiger partial charge in [-0.15, -0.1) is 23.5 Å². The van der Waals surface area contributed by atoms with E-state index in [1.54, 1.807) is 0 Å². The van der Waals surface area contributed by atoms with Crippen molar-refractivity contribution in [3.8, 4) is 0 Å². The summed E-state index contributed by atoms with van der Waals surface area (Å²) in [5.41, 5.74) is 0. The highest BCUT2D eigenvalue weighted by atomic mass is 32.2. The molecule has 2 aromatic rings. The van der Waals surface area contributed by atoms with E-state index < -0.39 is 0 Å². The molecule has 0 bridgehead atoms. The molecule has 0 atom stereocenters. The third kappa shape index (κ3) is 3.91. The molecule has 0 unspecified atom stereocenters. The minimum absolute atomic E-state index is 1.09. The van der Waals surface area contributed by atoms with Crippen molar-refractivity contribution in [2.75, 3.05) is 11.5 Å². The van der Waals surface area contributed by atoms with Crippen LogP contribution in [0.1, 0.15) is 0 Å². The average Bonchev–Trinajstić information content (AvgIpc) is 2.37. The molecule has 16 heavy (non-hydrogen) atoms. The van der Waals surface area contributed by atoms with Crippen LogP contribution in [0.3, 0.4) is 0 Å². The van der Waals surface area contributed by atoms with E-state index in [2.05, 4.69) is 35.3 Å². The van der Waals surface area contributed by atoms with Gasteiger partial charge in [-0.25, -0.2) is 4.98 Å². The summed E-state index contributed by atoms with van der Waals surface area (Å²) in [7, 11) is 0. The molecule has 2 rings (SSSR count). The minimum atomic E-state index is 1.09. The smallest absolute Gasteiger partial charge is 0.0960 e. The molecule has 0 aliphatic rings. The van der Waals surface area contributed by atoms with Crippen LogP contribution in [0.5, 0.6) is 0 Å². The maximum Gasteiger partial charge on any atom is 0.0960 e. The second kappa shape index (κ2) is 6.61. The number of nitrogens with zero attached hydrogens (tertiary/aromatic N) is 1. The Labute approximate surface area is 105 Å². The monoisotopic (exact) mass is 247 g/mol. The zero-order valence-corrected chi connectivity index (χ0v) is 10.5. The first-order valence-corrected chi connectivity index (χ1v) is 7.14. The summed E-state index contributed by atoms with van der Waals surface area (Å²) in [5.74, 6) is 2.21. The van der Waals surface area contributed by atoms with Gasteiger partial charge in [-0.05, 0) is 24.3 Å². The van der Waals surface area contributed by atoms with Crippen LogP contribution in [0.15, 0.2) is 64.6 Å². The zero-order valence-electron chi connectivity index (χ0n) is 8.87. The third-order valence-electron chi connectivity index (χ3n) is 1.98. The first-order valence-electron chi connectivity index (χ1n) is 5.17. The molecule has 3 heteroatoms. The fourth-order valence-corrected chi connectivity index (χ4v) is 3.03. The van der Waals surface area contributed by atoms with Crippen molar-refractivity contribution in [1.82, 2.24) is 4.98 Å². The molecule has 1 nitrogen and oxygen atoms in total. The molecule has 0 saturated heterocycles. The lowest BCUT2D eigenvalue weighted by molar-refractivity contribution is 1.13. The molecule has 0 aliphatic heterocycles. The summed E-state index contributed by atoms with van der Waals surface area (Å²) in [6.45, 7) is 0. The first kappa shape index (κ1) is 11.6. The summed E-state index contributed by atoms with van der Waals surface area (Å²) in [5, 5.41) is 1.11. The molecule has 0 N–H and O–H groups in total. The van der Waals surface area contributed by atoms with Crippen molar-refractivity contribution in [1.29, 1.82) is 0 Å². The summed E-state index contributed by atoms with van der Waals surface area (Å²) in [6.07, 6.45) is 1.84. The lowest BCUT2D eigenvalue weighted by atomic mass is 10.4. The molecule has 0 radical (unpaired) electrons. The first-order chi connectivity index (χ1) is 7.95. The third-order valence-corrected chi connectivity index (χ3v) is 4.20. The normalized spacial score (nSPS) is 10.2. The van der Waals surface area contributed by atoms with E-state index >= 15 is 0 Å². The highest BCUT2D eigenvalue weighted by molar-refractivity contribution is 8.02. The molecule has 0 fully saturated rings. The Hall–Kier alpha value is -0.930. The van der Waals surface area contributed by atoms with Crippen molar-refractivity contribution < 1.29 is 0 Å². The van der Waals surface area contributed by atoms with Crippen molar-refractivity contribution in [3.63, 3.8) is 0 Å². The number of thioether (sulfide) groups is 2. The molecule has 0 saturated carbocycles. The second-order valence-electron chi connectivity index (χ2n) is 3.18.